The average molecular weight is 329 g/mol. The quantitative estimate of drug-likeness (QED) is 0.482. The molecule has 1 heterocycles. The lowest BCUT2D eigenvalue weighted by molar-refractivity contribution is -0.385. The molecule has 3 rings (SSSR count). The van der Waals surface area contributed by atoms with Gasteiger partial charge in [-0.15, -0.1) is 0 Å². The molecule has 1 aromatic heterocycles. The van der Waals surface area contributed by atoms with E-state index in [0.29, 0.717) is 13.1 Å². The second-order valence-electron chi connectivity index (χ2n) is 5.77. The Balaban J connectivity index is 1.56. The fraction of sp³-hybridized carbons (Fsp3) is 0.353. The van der Waals surface area contributed by atoms with E-state index in [1.54, 1.807) is 24.3 Å². The summed E-state index contributed by atoms with van der Waals surface area (Å²) >= 11 is 0. The topological polar surface area (TPSA) is 97.4 Å². The first-order valence-electron chi connectivity index (χ1n) is 7.97. The standard InChI is InChI=1S/C17H19N3O4/c21-17(16-5-2-10-24-16)19-9-8-18-15-4-1-3-12-6-7-13(20(22)23)11-14(12)15/h2,5-7,10-11,15,18H,1,3-4,8-9H2,(H,19,21). The van der Waals surface area contributed by atoms with Gasteiger partial charge < -0.3 is 15.1 Å². The van der Waals surface area contributed by atoms with Crippen LogP contribution in [-0.4, -0.2) is 23.9 Å². The Morgan fingerprint density at radius 3 is 2.96 bits per heavy atom. The third kappa shape index (κ3) is 3.62. The highest BCUT2D eigenvalue weighted by Crippen LogP contribution is 2.32. The van der Waals surface area contributed by atoms with Crippen LogP contribution in [0, 0.1) is 10.1 Å². The van der Waals surface area contributed by atoms with Crippen LogP contribution in [0.1, 0.15) is 40.6 Å². The molecule has 7 heteroatoms. The molecule has 0 saturated heterocycles. The summed E-state index contributed by atoms with van der Waals surface area (Å²) < 4.78 is 5.03. The summed E-state index contributed by atoms with van der Waals surface area (Å²) in [5, 5.41) is 17.1. The number of nitro groups is 1. The van der Waals surface area contributed by atoms with E-state index in [2.05, 4.69) is 10.6 Å². The molecule has 0 spiro atoms. The number of carbonyl (C=O) groups is 1. The molecule has 0 fully saturated rings. The van der Waals surface area contributed by atoms with Gasteiger partial charge in [0.15, 0.2) is 5.76 Å². The number of amides is 1. The van der Waals surface area contributed by atoms with Gasteiger partial charge in [-0.2, -0.15) is 0 Å². The minimum absolute atomic E-state index is 0.0779. The lowest BCUT2D eigenvalue weighted by Crippen LogP contribution is -2.34. The predicted octanol–water partition coefficient (Wildman–Crippen LogP) is 2.58. The summed E-state index contributed by atoms with van der Waals surface area (Å²) in [6.45, 7) is 1.04. The Morgan fingerprint density at radius 2 is 2.21 bits per heavy atom. The molecule has 2 aromatic rings. The smallest absolute Gasteiger partial charge is 0.287 e. The maximum Gasteiger partial charge on any atom is 0.287 e. The Hall–Kier alpha value is -2.67. The molecule has 1 amide bonds. The SMILES string of the molecule is O=C(NCCNC1CCCc2ccc([N+](=O)[O-])cc21)c1ccco1. The van der Waals surface area contributed by atoms with E-state index in [0.717, 1.165) is 30.4 Å². The number of nitrogens with one attached hydrogen (secondary N) is 2. The molecule has 1 aliphatic rings. The number of furan rings is 1. The molecule has 2 N–H and O–H groups in total. The molecule has 1 aliphatic carbocycles. The number of rotatable bonds is 6. The maximum atomic E-state index is 11.8. The summed E-state index contributed by atoms with van der Waals surface area (Å²) in [6.07, 6.45) is 4.38. The Kier molecular flexibility index (Phi) is 4.90. The maximum absolute atomic E-state index is 11.8. The van der Waals surface area contributed by atoms with Crippen LogP contribution in [0.25, 0.3) is 0 Å². The first-order valence-corrected chi connectivity index (χ1v) is 7.97. The van der Waals surface area contributed by atoms with Crippen molar-refractivity contribution >= 4 is 11.6 Å². The van der Waals surface area contributed by atoms with Gasteiger partial charge in [0, 0.05) is 31.3 Å². The Bertz CT molecular complexity index is 727. The number of hydrogen-bond donors (Lipinski definition) is 2. The van der Waals surface area contributed by atoms with Crippen molar-refractivity contribution in [1.29, 1.82) is 0 Å². The van der Waals surface area contributed by atoms with E-state index in [4.69, 9.17) is 4.42 Å². The van der Waals surface area contributed by atoms with Crippen LogP contribution in [0.2, 0.25) is 0 Å². The van der Waals surface area contributed by atoms with Gasteiger partial charge in [0.25, 0.3) is 11.6 Å². The summed E-state index contributed by atoms with van der Waals surface area (Å²) in [6, 6.07) is 8.42. The van der Waals surface area contributed by atoms with Gasteiger partial charge in [-0.3, -0.25) is 14.9 Å². The van der Waals surface area contributed by atoms with Crippen LogP contribution < -0.4 is 10.6 Å². The van der Waals surface area contributed by atoms with E-state index in [9.17, 15) is 14.9 Å². The molecule has 0 bridgehead atoms. The predicted molar refractivity (Wildman–Crippen MR) is 87.8 cm³/mol. The largest absolute Gasteiger partial charge is 0.459 e. The van der Waals surface area contributed by atoms with Crippen molar-refractivity contribution in [3.8, 4) is 0 Å². The lowest BCUT2D eigenvalue weighted by atomic mass is 9.87. The number of nitro benzene ring substituents is 1. The second-order valence-corrected chi connectivity index (χ2v) is 5.77. The number of nitrogens with zero attached hydrogens (tertiary/aromatic N) is 1. The first kappa shape index (κ1) is 16.2. The zero-order valence-electron chi connectivity index (χ0n) is 13.2. The first-order chi connectivity index (χ1) is 11.6. The molecule has 126 valence electrons. The lowest BCUT2D eigenvalue weighted by Gasteiger charge is -2.26. The van der Waals surface area contributed by atoms with Crippen LogP contribution in [0.15, 0.2) is 41.0 Å². The summed E-state index contributed by atoms with van der Waals surface area (Å²) in [7, 11) is 0. The molecule has 0 aliphatic heterocycles. The van der Waals surface area contributed by atoms with E-state index < -0.39 is 0 Å². The fourth-order valence-electron chi connectivity index (χ4n) is 3.03. The molecule has 0 saturated carbocycles. The van der Waals surface area contributed by atoms with Crippen molar-refractivity contribution in [2.45, 2.75) is 25.3 Å². The van der Waals surface area contributed by atoms with E-state index in [1.165, 1.54) is 6.26 Å². The van der Waals surface area contributed by atoms with Gasteiger partial charge in [0.2, 0.25) is 0 Å². The van der Waals surface area contributed by atoms with Crippen molar-refractivity contribution in [2.24, 2.45) is 0 Å². The summed E-state index contributed by atoms with van der Waals surface area (Å²) in [5.74, 6) is 0.0371. The van der Waals surface area contributed by atoms with Gasteiger partial charge in [-0.05, 0) is 42.5 Å². The normalized spacial score (nSPS) is 16.4. The van der Waals surface area contributed by atoms with Crippen LogP contribution in [-0.2, 0) is 6.42 Å². The highest BCUT2D eigenvalue weighted by Gasteiger charge is 2.22. The molecule has 1 aromatic carbocycles. The Labute approximate surface area is 139 Å². The second kappa shape index (κ2) is 7.27. The fourth-order valence-corrected chi connectivity index (χ4v) is 3.03. The molecule has 7 nitrogen and oxygen atoms in total. The van der Waals surface area contributed by atoms with Crippen molar-refractivity contribution < 1.29 is 14.1 Å². The highest BCUT2D eigenvalue weighted by atomic mass is 16.6. The van der Waals surface area contributed by atoms with Crippen LogP contribution >= 0.6 is 0 Å². The van der Waals surface area contributed by atoms with Crippen molar-refractivity contribution in [2.75, 3.05) is 13.1 Å². The average Bonchev–Trinajstić information content (AvgIpc) is 3.12. The van der Waals surface area contributed by atoms with Crippen LogP contribution in [0.3, 0.4) is 0 Å². The van der Waals surface area contributed by atoms with Gasteiger partial charge in [0.05, 0.1) is 11.2 Å². The van der Waals surface area contributed by atoms with Crippen LogP contribution in [0.4, 0.5) is 5.69 Å². The number of non-ortho nitro benzene ring substituents is 1. The summed E-state index contributed by atoms with van der Waals surface area (Å²) in [5.41, 5.74) is 2.27. The Morgan fingerprint density at radius 1 is 1.33 bits per heavy atom. The molecular formula is C17H19N3O4. The monoisotopic (exact) mass is 329 g/mol. The minimum atomic E-state index is -0.366. The zero-order chi connectivity index (χ0) is 16.9. The van der Waals surface area contributed by atoms with E-state index in [-0.39, 0.29) is 28.3 Å². The van der Waals surface area contributed by atoms with Gasteiger partial charge in [-0.25, -0.2) is 0 Å². The number of aryl methyl sites for hydroxylation is 1. The van der Waals surface area contributed by atoms with Crippen molar-refractivity contribution in [1.82, 2.24) is 10.6 Å². The molecule has 1 unspecified atom stereocenters. The van der Waals surface area contributed by atoms with E-state index >= 15 is 0 Å². The van der Waals surface area contributed by atoms with Gasteiger partial charge in [0.1, 0.15) is 0 Å². The molecule has 1 atom stereocenters. The number of benzene rings is 1. The van der Waals surface area contributed by atoms with Crippen molar-refractivity contribution in [3.05, 3.63) is 63.6 Å². The summed E-state index contributed by atoms with van der Waals surface area (Å²) in [4.78, 5) is 22.4. The van der Waals surface area contributed by atoms with E-state index in [1.807, 2.05) is 6.07 Å². The van der Waals surface area contributed by atoms with Gasteiger partial charge in [-0.1, -0.05) is 6.07 Å². The van der Waals surface area contributed by atoms with Crippen molar-refractivity contribution in [3.63, 3.8) is 0 Å². The number of fused-ring (bicyclic) bond motifs is 1. The molecule has 24 heavy (non-hydrogen) atoms. The third-order valence-electron chi connectivity index (χ3n) is 4.20. The number of carbonyl (C=O) groups excluding carboxylic acids is 1. The zero-order valence-corrected chi connectivity index (χ0v) is 13.2. The van der Waals surface area contributed by atoms with Gasteiger partial charge >= 0.3 is 0 Å². The van der Waals surface area contributed by atoms with Crippen LogP contribution in [0.5, 0.6) is 0 Å². The highest BCUT2D eigenvalue weighted by molar-refractivity contribution is 5.91. The number of hydrogen-bond acceptors (Lipinski definition) is 5. The minimum Gasteiger partial charge on any atom is -0.459 e. The molecule has 0 radical (unpaired) electrons. The third-order valence-corrected chi connectivity index (χ3v) is 4.20. The molecular weight excluding hydrogens is 310 g/mol.